The second-order valence-electron chi connectivity index (χ2n) is 5.60. The van der Waals surface area contributed by atoms with Crippen LogP contribution in [0.1, 0.15) is 31.4 Å². The Morgan fingerprint density at radius 2 is 1.81 bits per heavy atom. The minimum absolute atomic E-state index is 0.186. The number of carbonyl (C=O) groups is 2. The van der Waals surface area contributed by atoms with E-state index in [-0.39, 0.29) is 12.5 Å². The van der Waals surface area contributed by atoms with E-state index in [4.69, 9.17) is 9.84 Å². The van der Waals surface area contributed by atoms with Crippen LogP contribution >= 0.6 is 0 Å². The fourth-order valence-electron chi connectivity index (χ4n) is 2.09. The number of carboxylic acid groups (broad SMARTS) is 1. The lowest BCUT2D eigenvalue weighted by molar-refractivity contribution is -0.142. The lowest BCUT2D eigenvalue weighted by atomic mass is 10.0. The zero-order valence-electron chi connectivity index (χ0n) is 13.0. The Hall–Kier alpha value is -2.04. The smallest absolute Gasteiger partial charge is 0.326 e. The van der Waals surface area contributed by atoms with E-state index in [0.29, 0.717) is 12.2 Å². The zero-order chi connectivity index (χ0) is 16.0. The van der Waals surface area contributed by atoms with Crippen molar-refractivity contribution in [3.8, 4) is 5.75 Å². The predicted molar refractivity (Wildman–Crippen MR) is 80.4 cm³/mol. The molecular formula is C16H23NO4. The minimum atomic E-state index is -1.02. The zero-order valence-corrected chi connectivity index (χ0v) is 13.0. The van der Waals surface area contributed by atoms with Gasteiger partial charge in [-0.1, -0.05) is 32.0 Å². The van der Waals surface area contributed by atoms with Gasteiger partial charge in [0.1, 0.15) is 11.8 Å². The number of benzene rings is 1. The third-order valence-corrected chi connectivity index (χ3v) is 3.10. The number of carboxylic acids is 1. The lowest BCUT2D eigenvalue weighted by Gasteiger charge is -2.17. The Morgan fingerprint density at radius 3 is 2.29 bits per heavy atom. The molecule has 2 N–H and O–H groups in total. The molecule has 1 aromatic carbocycles. The average Bonchev–Trinajstić information content (AvgIpc) is 2.36. The molecule has 0 radical (unpaired) electrons. The van der Waals surface area contributed by atoms with Gasteiger partial charge in [0.2, 0.25) is 0 Å². The molecule has 0 bridgehead atoms. The van der Waals surface area contributed by atoms with Gasteiger partial charge in [-0.05, 0) is 37.3 Å². The van der Waals surface area contributed by atoms with Crippen LogP contribution in [0.5, 0.6) is 5.75 Å². The quantitative estimate of drug-likeness (QED) is 0.809. The van der Waals surface area contributed by atoms with Crippen molar-refractivity contribution in [1.82, 2.24) is 5.32 Å². The molecule has 1 aromatic rings. The van der Waals surface area contributed by atoms with Crippen LogP contribution in [0.25, 0.3) is 0 Å². The molecular weight excluding hydrogens is 270 g/mol. The highest BCUT2D eigenvalue weighted by Crippen LogP contribution is 2.22. The van der Waals surface area contributed by atoms with Crippen LogP contribution in [-0.4, -0.2) is 29.6 Å². The second-order valence-corrected chi connectivity index (χ2v) is 5.60. The Bertz CT molecular complexity index is 491. The van der Waals surface area contributed by atoms with Crippen molar-refractivity contribution in [2.45, 2.75) is 40.2 Å². The molecule has 5 nitrogen and oxygen atoms in total. The first kappa shape index (κ1) is 17.0. The van der Waals surface area contributed by atoms with E-state index < -0.39 is 17.9 Å². The molecule has 0 aliphatic carbocycles. The van der Waals surface area contributed by atoms with Crippen LogP contribution in [0.4, 0.5) is 0 Å². The monoisotopic (exact) mass is 293 g/mol. The normalized spacial score (nSPS) is 12.0. The van der Waals surface area contributed by atoms with Crippen molar-refractivity contribution in [3.05, 3.63) is 29.3 Å². The van der Waals surface area contributed by atoms with E-state index in [1.165, 1.54) is 0 Å². The van der Waals surface area contributed by atoms with Gasteiger partial charge in [0, 0.05) is 0 Å². The average molecular weight is 293 g/mol. The number of hydrogen-bond donors (Lipinski definition) is 2. The van der Waals surface area contributed by atoms with Gasteiger partial charge in [-0.2, -0.15) is 0 Å². The van der Waals surface area contributed by atoms with E-state index in [2.05, 4.69) is 5.32 Å². The summed E-state index contributed by atoms with van der Waals surface area (Å²) in [5.74, 6) is -0.593. The van der Waals surface area contributed by atoms with Gasteiger partial charge < -0.3 is 15.2 Å². The van der Waals surface area contributed by atoms with E-state index in [1.54, 1.807) is 0 Å². The van der Waals surface area contributed by atoms with Crippen molar-refractivity contribution in [1.29, 1.82) is 0 Å². The van der Waals surface area contributed by atoms with Crippen molar-refractivity contribution in [3.63, 3.8) is 0 Å². The van der Waals surface area contributed by atoms with Gasteiger partial charge in [-0.15, -0.1) is 0 Å². The summed E-state index contributed by atoms with van der Waals surface area (Å²) in [6.07, 6.45) is 0.393. The van der Waals surface area contributed by atoms with Crippen molar-refractivity contribution >= 4 is 11.9 Å². The fourth-order valence-corrected chi connectivity index (χ4v) is 2.09. The summed E-state index contributed by atoms with van der Waals surface area (Å²) in [7, 11) is 0. The summed E-state index contributed by atoms with van der Waals surface area (Å²) in [4.78, 5) is 22.9. The summed E-state index contributed by atoms with van der Waals surface area (Å²) in [6.45, 7) is 7.44. The van der Waals surface area contributed by atoms with Crippen LogP contribution in [-0.2, 0) is 9.59 Å². The van der Waals surface area contributed by atoms with E-state index in [1.807, 2.05) is 45.9 Å². The van der Waals surface area contributed by atoms with Gasteiger partial charge in [-0.3, -0.25) is 4.79 Å². The molecule has 0 heterocycles. The van der Waals surface area contributed by atoms with E-state index in [0.717, 1.165) is 11.1 Å². The first-order valence-electron chi connectivity index (χ1n) is 7.02. The second kappa shape index (κ2) is 7.67. The maximum absolute atomic E-state index is 11.8. The first-order chi connectivity index (χ1) is 9.81. The van der Waals surface area contributed by atoms with Gasteiger partial charge in [0.05, 0.1) is 0 Å². The van der Waals surface area contributed by atoms with Gasteiger partial charge in [0.25, 0.3) is 5.91 Å². The Labute approximate surface area is 125 Å². The number of carbonyl (C=O) groups excluding carboxylic acids is 1. The number of para-hydroxylation sites is 1. The first-order valence-corrected chi connectivity index (χ1v) is 7.02. The Balaban J connectivity index is 2.59. The maximum atomic E-state index is 11.8. The predicted octanol–water partition coefficient (Wildman–Crippen LogP) is 2.30. The minimum Gasteiger partial charge on any atom is -0.483 e. The molecule has 0 aromatic heterocycles. The number of hydrogen-bond acceptors (Lipinski definition) is 3. The molecule has 0 fully saturated rings. The van der Waals surface area contributed by atoms with Crippen LogP contribution in [0.3, 0.4) is 0 Å². The number of aliphatic carboxylic acids is 1. The highest BCUT2D eigenvalue weighted by atomic mass is 16.5. The Morgan fingerprint density at radius 1 is 1.24 bits per heavy atom. The fraction of sp³-hybridized carbons (Fsp3) is 0.500. The molecule has 116 valence electrons. The third-order valence-electron chi connectivity index (χ3n) is 3.10. The van der Waals surface area contributed by atoms with E-state index >= 15 is 0 Å². The molecule has 1 amide bonds. The number of aryl methyl sites for hydroxylation is 2. The molecule has 0 spiro atoms. The summed E-state index contributed by atoms with van der Waals surface area (Å²) >= 11 is 0. The van der Waals surface area contributed by atoms with Crippen LogP contribution < -0.4 is 10.1 Å². The molecule has 1 atom stereocenters. The number of amides is 1. The molecule has 1 rings (SSSR count). The number of nitrogens with one attached hydrogen (secondary N) is 1. The molecule has 0 saturated carbocycles. The summed E-state index contributed by atoms with van der Waals surface area (Å²) < 4.78 is 5.51. The summed E-state index contributed by atoms with van der Waals surface area (Å²) in [6, 6.07) is 4.85. The molecule has 0 unspecified atom stereocenters. The van der Waals surface area contributed by atoms with Crippen molar-refractivity contribution in [2.24, 2.45) is 5.92 Å². The highest BCUT2D eigenvalue weighted by molar-refractivity contribution is 5.84. The lowest BCUT2D eigenvalue weighted by Crippen LogP contribution is -2.43. The van der Waals surface area contributed by atoms with Crippen LogP contribution in [0.2, 0.25) is 0 Å². The third kappa shape index (κ3) is 5.45. The molecule has 0 aliphatic rings. The van der Waals surface area contributed by atoms with E-state index in [9.17, 15) is 9.59 Å². The highest BCUT2D eigenvalue weighted by Gasteiger charge is 2.21. The van der Waals surface area contributed by atoms with Gasteiger partial charge in [0.15, 0.2) is 6.61 Å². The molecule has 21 heavy (non-hydrogen) atoms. The topological polar surface area (TPSA) is 75.6 Å². The standard InChI is InChI=1S/C16H23NO4/c1-10(2)8-13(16(19)20)17-14(18)9-21-15-11(3)6-5-7-12(15)4/h5-7,10,13H,8-9H2,1-4H3,(H,17,18)(H,19,20)/t13-/m0/s1. The largest absolute Gasteiger partial charge is 0.483 e. The van der Waals surface area contributed by atoms with Gasteiger partial charge in [-0.25, -0.2) is 4.79 Å². The molecule has 0 aliphatic heterocycles. The van der Waals surface area contributed by atoms with Crippen LogP contribution in [0.15, 0.2) is 18.2 Å². The van der Waals surface area contributed by atoms with Crippen molar-refractivity contribution < 1.29 is 19.4 Å². The summed E-state index contributed by atoms with van der Waals surface area (Å²) in [5, 5.41) is 11.6. The van der Waals surface area contributed by atoms with Gasteiger partial charge >= 0.3 is 5.97 Å². The molecule has 0 saturated heterocycles. The molecule has 5 heteroatoms. The SMILES string of the molecule is Cc1cccc(C)c1OCC(=O)N[C@@H](CC(C)C)C(=O)O. The van der Waals surface area contributed by atoms with Crippen LogP contribution in [0, 0.1) is 19.8 Å². The number of ether oxygens (including phenoxy) is 1. The summed E-state index contributed by atoms with van der Waals surface area (Å²) in [5.41, 5.74) is 1.89. The number of rotatable bonds is 7. The Kier molecular flexibility index (Phi) is 6.21. The maximum Gasteiger partial charge on any atom is 0.326 e. The van der Waals surface area contributed by atoms with Crippen molar-refractivity contribution in [2.75, 3.05) is 6.61 Å².